The zero-order valence-corrected chi connectivity index (χ0v) is 11.2. The van der Waals surface area contributed by atoms with Gasteiger partial charge in [0, 0.05) is 5.56 Å². The van der Waals surface area contributed by atoms with E-state index in [0.29, 0.717) is 6.42 Å². The van der Waals surface area contributed by atoms with Crippen LogP contribution in [0.3, 0.4) is 0 Å². The number of hydrogen-bond acceptors (Lipinski definition) is 2. The highest BCUT2D eigenvalue weighted by Crippen LogP contribution is 2.37. The second kappa shape index (κ2) is 4.91. The molecule has 0 spiro atoms. The number of fused-ring (bicyclic) bond motifs is 3. The molecule has 0 aliphatic heterocycles. The molecule has 2 nitrogen and oxygen atoms in total. The average molecular weight is 291 g/mol. The van der Waals surface area contributed by atoms with Gasteiger partial charge in [0.25, 0.3) is 0 Å². The highest BCUT2D eigenvalue weighted by molar-refractivity contribution is 6.05. The first-order valence-electron chi connectivity index (χ1n) is 6.40. The zero-order chi connectivity index (χ0) is 15.0. The molecule has 0 N–H and O–H groups in total. The van der Waals surface area contributed by atoms with Crippen LogP contribution < -0.4 is 0 Å². The van der Waals surface area contributed by atoms with Crippen molar-refractivity contribution < 1.29 is 18.0 Å². The summed E-state index contributed by atoms with van der Waals surface area (Å²) < 4.78 is 39.0. The van der Waals surface area contributed by atoms with E-state index in [2.05, 4.69) is 9.99 Å². The van der Waals surface area contributed by atoms with Gasteiger partial charge in [0.2, 0.25) is 0 Å². The largest absolute Gasteiger partial charge is 0.437 e. The fourth-order valence-corrected chi connectivity index (χ4v) is 2.65. The lowest BCUT2D eigenvalue weighted by Gasteiger charge is -2.11. The van der Waals surface area contributed by atoms with Gasteiger partial charge in [0.1, 0.15) is 7.11 Å². The Labute approximate surface area is 119 Å². The van der Waals surface area contributed by atoms with Crippen molar-refractivity contribution in [2.75, 3.05) is 7.11 Å². The summed E-state index contributed by atoms with van der Waals surface area (Å²) >= 11 is 0. The molecule has 5 heteroatoms. The van der Waals surface area contributed by atoms with E-state index in [1.165, 1.54) is 6.07 Å². The number of hydrogen-bond donors (Lipinski definition) is 0. The molecule has 1 aliphatic rings. The summed E-state index contributed by atoms with van der Waals surface area (Å²) in [5, 5.41) is 3.13. The van der Waals surface area contributed by atoms with E-state index < -0.39 is 11.9 Å². The van der Waals surface area contributed by atoms with Crippen LogP contribution in [0.4, 0.5) is 13.2 Å². The summed E-state index contributed by atoms with van der Waals surface area (Å²) in [5.41, 5.74) is 3.08. The molecule has 0 saturated carbocycles. The molecule has 0 atom stereocenters. The zero-order valence-electron chi connectivity index (χ0n) is 11.2. The van der Waals surface area contributed by atoms with Crippen LogP contribution in [-0.4, -0.2) is 19.0 Å². The maximum absolute atomic E-state index is 13.0. The van der Waals surface area contributed by atoms with E-state index in [1.807, 2.05) is 24.3 Å². The molecule has 2 aromatic rings. The van der Waals surface area contributed by atoms with Crippen molar-refractivity contribution in [1.29, 1.82) is 0 Å². The third-order valence-electron chi connectivity index (χ3n) is 3.52. The van der Waals surface area contributed by atoms with Crippen molar-refractivity contribution in [1.82, 2.24) is 0 Å². The lowest BCUT2D eigenvalue weighted by molar-refractivity contribution is -0.0607. The molecule has 3 rings (SSSR count). The maximum Gasteiger partial charge on any atom is 0.437 e. The Morgan fingerprint density at radius 2 is 1.76 bits per heavy atom. The Morgan fingerprint density at radius 1 is 1.05 bits per heavy atom. The Bertz CT molecular complexity index is 720. The normalized spacial score (nSPS) is 13.8. The quantitative estimate of drug-likeness (QED) is 0.513. The lowest BCUT2D eigenvalue weighted by Crippen LogP contribution is -2.24. The molecule has 0 bridgehead atoms. The summed E-state index contributed by atoms with van der Waals surface area (Å²) in [7, 11) is 1.11. The summed E-state index contributed by atoms with van der Waals surface area (Å²) in [4.78, 5) is 4.33. The van der Waals surface area contributed by atoms with Crippen LogP contribution in [0, 0.1) is 0 Å². The molecule has 0 amide bonds. The standard InChI is InChI=1S/C16H12F3NO/c1-21-20-15(16(17,18)19)11-6-7-14-12(9-11)8-10-4-2-3-5-13(10)14/h2-7,9H,8H2,1H3/b20-15-. The van der Waals surface area contributed by atoms with Gasteiger partial charge in [-0.05, 0) is 34.7 Å². The van der Waals surface area contributed by atoms with Crippen molar-refractivity contribution in [2.24, 2.45) is 5.16 Å². The molecule has 2 aromatic carbocycles. The van der Waals surface area contributed by atoms with Crippen LogP contribution >= 0.6 is 0 Å². The third kappa shape index (κ3) is 2.39. The molecular formula is C16H12F3NO. The monoisotopic (exact) mass is 291 g/mol. The van der Waals surface area contributed by atoms with Crippen LogP contribution in [-0.2, 0) is 11.3 Å². The Hall–Kier alpha value is -2.30. The second-order valence-corrected chi connectivity index (χ2v) is 4.83. The third-order valence-corrected chi connectivity index (χ3v) is 3.52. The SMILES string of the molecule is CO/N=C(/c1ccc2c(c1)Cc1ccccc1-2)C(F)(F)F. The van der Waals surface area contributed by atoms with E-state index in [-0.39, 0.29) is 5.56 Å². The highest BCUT2D eigenvalue weighted by Gasteiger charge is 2.38. The predicted octanol–water partition coefficient (Wildman–Crippen LogP) is 4.17. The minimum Gasteiger partial charge on any atom is -0.399 e. The van der Waals surface area contributed by atoms with Gasteiger partial charge in [0.05, 0.1) is 0 Å². The molecule has 21 heavy (non-hydrogen) atoms. The fraction of sp³-hybridized carbons (Fsp3) is 0.188. The number of nitrogens with zero attached hydrogens (tertiary/aromatic N) is 1. The summed E-state index contributed by atoms with van der Waals surface area (Å²) in [6.45, 7) is 0. The minimum absolute atomic E-state index is 0.0240. The minimum atomic E-state index is -4.55. The van der Waals surface area contributed by atoms with Crippen LogP contribution in [0.2, 0.25) is 0 Å². The van der Waals surface area contributed by atoms with Crippen molar-refractivity contribution in [2.45, 2.75) is 12.6 Å². The summed E-state index contributed by atoms with van der Waals surface area (Å²) in [6.07, 6.45) is -3.91. The van der Waals surface area contributed by atoms with Gasteiger partial charge in [0.15, 0.2) is 5.71 Å². The molecular weight excluding hydrogens is 279 g/mol. The molecule has 1 aliphatic carbocycles. The molecule has 108 valence electrons. The van der Waals surface area contributed by atoms with Gasteiger partial charge in [-0.1, -0.05) is 41.6 Å². The highest BCUT2D eigenvalue weighted by atomic mass is 19.4. The molecule has 0 unspecified atom stereocenters. The van der Waals surface area contributed by atoms with E-state index in [4.69, 9.17) is 0 Å². The number of rotatable bonds is 2. The first-order valence-corrected chi connectivity index (χ1v) is 6.40. The number of benzene rings is 2. The van der Waals surface area contributed by atoms with Crippen LogP contribution in [0.15, 0.2) is 47.6 Å². The van der Waals surface area contributed by atoms with Crippen molar-refractivity contribution >= 4 is 5.71 Å². The van der Waals surface area contributed by atoms with Crippen LogP contribution in [0.1, 0.15) is 16.7 Å². The lowest BCUT2D eigenvalue weighted by atomic mass is 10.0. The van der Waals surface area contributed by atoms with Crippen LogP contribution in [0.25, 0.3) is 11.1 Å². The molecule has 0 saturated heterocycles. The smallest absolute Gasteiger partial charge is 0.399 e. The maximum atomic E-state index is 13.0. The van der Waals surface area contributed by atoms with Crippen molar-refractivity contribution in [3.05, 3.63) is 59.2 Å². The molecule has 0 heterocycles. The van der Waals surface area contributed by atoms with Gasteiger partial charge >= 0.3 is 6.18 Å². The Kier molecular flexibility index (Phi) is 3.20. The number of halogens is 3. The van der Waals surface area contributed by atoms with Gasteiger partial charge in [-0.3, -0.25) is 0 Å². The molecule has 0 radical (unpaired) electrons. The van der Waals surface area contributed by atoms with E-state index >= 15 is 0 Å². The number of alkyl halides is 3. The van der Waals surface area contributed by atoms with Gasteiger partial charge in [-0.15, -0.1) is 0 Å². The Balaban J connectivity index is 2.06. The second-order valence-electron chi connectivity index (χ2n) is 4.83. The first-order chi connectivity index (χ1) is 10.0. The van der Waals surface area contributed by atoms with Crippen molar-refractivity contribution in [3.8, 4) is 11.1 Å². The average Bonchev–Trinajstić information content (AvgIpc) is 2.81. The predicted molar refractivity (Wildman–Crippen MR) is 74.3 cm³/mol. The topological polar surface area (TPSA) is 21.6 Å². The molecule has 0 aromatic heterocycles. The van der Waals surface area contributed by atoms with Gasteiger partial charge < -0.3 is 4.84 Å². The van der Waals surface area contributed by atoms with E-state index in [1.54, 1.807) is 12.1 Å². The molecule has 0 fully saturated rings. The van der Waals surface area contributed by atoms with Crippen molar-refractivity contribution in [3.63, 3.8) is 0 Å². The number of oxime groups is 1. The van der Waals surface area contributed by atoms with E-state index in [0.717, 1.165) is 29.4 Å². The fourth-order valence-electron chi connectivity index (χ4n) is 2.65. The summed E-state index contributed by atoms with van der Waals surface area (Å²) in [6, 6.07) is 12.5. The van der Waals surface area contributed by atoms with Crippen LogP contribution in [0.5, 0.6) is 0 Å². The Morgan fingerprint density at radius 3 is 2.48 bits per heavy atom. The van der Waals surface area contributed by atoms with E-state index in [9.17, 15) is 13.2 Å². The first kappa shape index (κ1) is 13.7. The van der Waals surface area contributed by atoms with Gasteiger partial charge in [-0.2, -0.15) is 13.2 Å². The van der Waals surface area contributed by atoms with Gasteiger partial charge in [-0.25, -0.2) is 0 Å². The summed E-state index contributed by atoms with van der Waals surface area (Å²) in [5.74, 6) is 0.